The number of carbonyl (C=O) groups excluding carboxylic acids is 5. The van der Waals surface area contributed by atoms with Crippen molar-refractivity contribution in [2.75, 3.05) is 19.7 Å². The third kappa shape index (κ3) is 14.8. The van der Waals surface area contributed by atoms with E-state index in [-0.39, 0.29) is 31.5 Å². The Labute approximate surface area is 343 Å². The second-order valence-corrected chi connectivity index (χ2v) is 15.8. The van der Waals surface area contributed by atoms with Gasteiger partial charge in [-0.15, -0.1) is 0 Å². The molecule has 0 saturated carbocycles. The number of benzene rings is 3. The number of amides is 4. The van der Waals surface area contributed by atoms with Crippen LogP contribution in [0.3, 0.4) is 0 Å². The van der Waals surface area contributed by atoms with Crippen molar-refractivity contribution in [3.63, 3.8) is 0 Å². The number of fused-ring (bicyclic) bond motifs is 3. The Morgan fingerprint density at radius 2 is 1.28 bits per heavy atom. The van der Waals surface area contributed by atoms with E-state index in [4.69, 9.17) is 14.2 Å². The summed E-state index contributed by atoms with van der Waals surface area (Å²) in [6, 6.07) is 23.2. The van der Waals surface area contributed by atoms with E-state index in [0.29, 0.717) is 19.4 Å². The number of rotatable bonds is 22. The largest absolute Gasteiger partial charge is 0.461 e. The van der Waals surface area contributed by atoms with E-state index in [9.17, 15) is 24.0 Å². The summed E-state index contributed by atoms with van der Waals surface area (Å²) in [5, 5.41) is 10.9. The maximum atomic E-state index is 14.0. The quantitative estimate of drug-likeness (QED) is 0.0457. The summed E-state index contributed by atoms with van der Waals surface area (Å²) in [5.41, 5.74) is 4.51. The molecule has 4 N–H and O–H groups in total. The molecule has 1 aliphatic rings. The summed E-state index contributed by atoms with van der Waals surface area (Å²) >= 11 is 0. The zero-order valence-electron chi connectivity index (χ0n) is 34.8. The smallest absolute Gasteiger partial charge is 0.407 e. The van der Waals surface area contributed by atoms with Gasteiger partial charge in [-0.3, -0.25) is 9.59 Å². The van der Waals surface area contributed by atoms with Crippen LogP contribution in [0.25, 0.3) is 11.1 Å². The number of ether oxygens (including phenoxy) is 3. The fraction of sp³-hybridized carbons (Fsp3) is 0.500. The summed E-state index contributed by atoms with van der Waals surface area (Å²) in [6.07, 6.45) is 5.04. The third-order valence-corrected chi connectivity index (χ3v) is 9.90. The van der Waals surface area contributed by atoms with Crippen LogP contribution in [0, 0.1) is 0 Å². The summed E-state index contributed by atoms with van der Waals surface area (Å²) in [6.45, 7) is 9.51. The van der Waals surface area contributed by atoms with Crippen LogP contribution < -0.4 is 21.3 Å². The van der Waals surface area contributed by atoms with Crippen molar-refractivity contribution in [1.82, 2.24) is 21.3 Å². The van der Waals surface area contributed by atoms with Crippen molar-refractivity contribution in [3.05, 3.63) is 95.6 Å². The topological polar surface area (TPSA) is 161 Å². The van der Waals surface area contributed by atoms with Gasteiger partial charge in [0, 0.05) is 18.9 Å². The molecular formula is C46H62N4O8. The molecule has 12 heteroatoms. The van der Waals surface area contributed by atoms with E-state index in [0.717, 1.165) is 66.3 Å². The van der Waals surface area contributed by atoms with Crippen molar-refractivity contribution in [1.29, 1.82) is 0 Å². The molecule has 0 unspecified atom stereocenters. The summed E-state index contributed by atoms with van der Waals surface area (Å²) in [4.78, 5) is 66.0. The number of esters is 1. The van der Waals surface area contributed by atoms with Crippen molar-refractivity contribution in [2.45, 2.75) is 129 Å². The standard InChI is InChI=1S/C46H62N4O8/c1-6-8-21-33(22-9-7-2)57-43(53)39(27-17-18-28-47-45(55)58-46(3,4)5)50-42(52)40(29-32-19-11-10-12-20-32)49-41(51)30-48-44(54)56-31-38-36-25-15-13-23-34(36)35-24-14-16-26-37(35)38/h10-16,19-20,23-26,33,38-40H,6-9,17-18,21-22,27-31H2,1-5H3,(H,47,55)(H,48,54)(H,49,51)(H,50,52)/t39-,40-/m1/s1. The van der Waals surface area contributed by atoms with Crippen molar-refractivity contribution in [2.24, 2.45) is 0 Å². The Bertz CT molecular complexity index is 1740. The second-order valence-electron chi connectivity index (χ2n) is 15.8. The van der Waals surface area contributed by atoms with Crippen molar-refractivity contribution in [3.8, 4) is 11.1 Å². The van der Waals surface area contributed by atoms with E-state index in [2.05, 4.69) is 47.2 Å². The van der Waals surface area contributed by atoms with Crippen LogP contribution in [0.4, 0.5) is 9.59 Å². The summed E-state index contributed by atoms with van der Waals surface area (Å²) in [7, 11) is 0. The van der Waals surface area contributed by atoms with E-state index in [1.54, 1.807) is 20.8 Å². The Balaban J connectivity index is 1.39. The van der Waals surface area contributed by atoms with Crippen molar-refractivity contribution >= 4 is 30.0 Å². The molecule has 12 nitrogen and oxygen atoms in total. The molecule has 0 aliphatic heterocycles. The van der Waals surface area contributed by atoms with Gasteiger partial charge < -0.3 is 35.5 Å². The average molecular weight is 799 g/mol. The molecule has 1 aliphatic carbocycles. The first kappa shape index (κ1) is 45.3. The zero-order chi connectivity index (χ0) is 41.9. The molecule has 0 spiro atoms. The van der Waals surface area contributed by atoms with Crippen LogP contribution in [-0.2, 0) is 35.0 Å². The third-order valence-electron chi connectivity index (χ3n) is 9.90. The van der Waals surface area contributed by atoms with Crippen LogP contribution >= 0.6 is 0 Å². The minimum absolute atomic E-state index is 0.0901. The molecule has 0 bridgehead atoms. The predicted octanol–water partition coefficient (Wildman–Crippen LogP) is 7.72. The maximum absolute atomic E-state index is 14.0. The maximum Gasteiger partial charge on any atom is 0.407 e. The van der Waals surface area contributed by atoms with Crippen molar-refractivity contribution < 1.29 is 38.2 Å². The Kier molecular flexibility index (Phi) is 18.1. The average Bonchev–Trinajstić information content (AvgIpc) is 3.52. The number of hydrogen-bond donors (Lipinski definition) is 4. The number of unbranched alkanes of at least 4 members (excludes halogenated alkanes) is 3. The minimum Gasteiger partial charge on any atom is -0.461 e. The highest BCUT2D eigenvalue weighted by atomic mass is 16.6. The van der Waals surface area contributed by atoms with Gasteiger partial charge in [-0.05, 0) is 80.7 Å². The first-order valence-electron chi connectivity index (χ1n) is 20.8. The molecular weight excluding hydrogens is 737 g/mol. The van der Waals surface area contributed by atoms with Gasteiger partial charge in [0.25, 0.3) is 0 Å². The summed E-state index contributed by atoms with van der Waals surface area (Å²) < 4.78 is 16.9. The first-order chi connectivity index (χ1) is 27.9. The molecule has 58 heavy (non-hydrogen) atoms. The fourth-order valence-corrected chi connectivity index (χ4v) is 6.98. The fourth-order valence-electron chi connectivity index (χ4n) is 6.98. The highest BCUT2D eigenvalue weighted by Gasteiger charge is 2.31. The molecule has 314 valence electrons. The Morgan fingerprint density at radius 1 is 0.672 bits per heavy atom. The van der Waals surface area contributed by atoms with Gasteiger partial charge >= 0.3 is 18.2 Å². The molecule has 3 aromatic rings. The van der Waals surface area contributed by atoms with E-state index >= 15 is 0 Å². The molecule has 4 rings (SSSR count). The highest BCUT2D eigenvalue weighted by Crippen LogP contribution is 2.44. The molecule has 2 atom stereocenters. The first-order valence-corrected chi connectivity index (χ1v) is 20.8. The Hall–Kier alpha value is -5.39. The molecule has 0 heterocycles. The molecule has 0 radical (unpaired) electrons. The molecule has 0 saturated heterocycles. The molecule has 3 aromatic carbocycles. The van der Waals surface area contributed by atoms with Crippen LogP contribution in [0.1, 0.15) is 115 Å². The van der Waals surface area contributed by atoms with Crippen LogP contribution in [0.5, 0.6) is 0 Å². The van der Waals surface area contributed by atoms with Gasteiger partial charge in [0.1, 0.15) is 36.9 Å². The van der Waals surface area contributed by atoms with Gasteiger partial charge in [0.05, 0.1) is 0 Å². The summed E-state index contributed by atoms with van der Waals surface area (Å²) in [5.74, 6) is -1.84. The van der Waals surface area contributed by atoms with Crippen LogP contribution in [0.2, 0.25) is 0 Å². The lowest BCUT2D eigenvalue weighted by atomic mass is 9.98. The number of carbonyl (C=O) groups is 5. The predicted molar refractivity (Wildman–Crippen MR) is 224 cm³/mol. The normalized spacial score (nSPS) is 13.1. The van der Waals surface area contributed by atoms with Gasteiger partial charge in [0.15, 0.2) is 0 Å². The van der Waals surface area contributed by atoms with Gasteiger partial charge in [-0.1, -0.05) is 118 Å². The van der Waals surface area contributed by atoms with Crippen LogP contribution in [0.15, 0.2) is 78.9 Å². The lowest BCUT2D eigenvalue weighted by molar-refractivity contribution is -0.154. The lowest BCUT2D eigenvalue weighted by Crippen LogP contribution is -2.54. The zero-order valence-corrected chi connectivity index (χ0v) is 34.8. The Morgan fingerprint density at radius 3 is 1.88 bits per heavy atom. The SMILES string of the molecule is CCCCC(CCCC)OC(=O)[C@@H](CCCCNC(=O)OC(C)(C)C)NC(=O)[C@@H](Cc1ccccc1)NC(=O)CNC(=O)OCC1c2ccccc2-c2ccccc21. The lowest BCUT2D eigenvalue weighted by Gasteiger charge is -2.25. The van der Waals surface area contributed by atoms with Gasteiger partial charge in [-0.25, -0.2) is 14.4 Å². The highest BCUT2D eigenvalue weighted by molar-refractivity contribution is 5.92. The van der Waals surface area contributed by atoms with Gasteiger partial charge in [0.2, 0.25) is 11.8 Å². The minimum atomic E-state index is -1.07. The van der Waals surface area contributed by atoms with E-state index < -0.39 is 54.2 Å². The van der Waals surface area contributed by atoms with E-state index in [1.165, 1.54) is 0 Å². The molecule has 0 fully saturated rings. The second kappa shape index (κ2) is 23.1. The number of hydrogen-bond acceptors (Lipinski definition) is 8. The van der Waals surface area contributed by atoms with E-state index in [1.807, 2.05) is 66.7 Å². The van der Waals surface area contributed by atoms with Crippen LogP contribution in [-0.4, -0.2) is 73.5 Å². The number of alkyl carbamates (subject to hydrolysis) is 2. The molecule has 4 amide bonds. The molecule has 0 aromatic heterocycles. The number of nitrogens with one attached hydrogen (secondary N) is 4. The van der Waals surface area contributed by atoms with Gasteiger partial charge in [-0.2, -0.15) is 0 Å². The monoisotopic (exact) mass is 798 g/mol.